The van der Waals surface area contributed by atoms with Gasteiger partial charge in [0.2, 0.25) is 0 Å². The summed E-state index contributed by atoms with van der Waals surface area (Å²) in [7, 11) is 0. The molecule has 8 rings (SSSR count). The van der Waals surface area contributed by atoms with E-state index in [0.29, 0.717) is 43.2 Å². The molecule has 5 aliphatic rings. The molecule has 5 fully saturated rings. The van der Waals surface area contributed by atoms with Crippen LogP contribution in [0.3, 0.4) is 0 Å². The van der Waals surface area contributed by atoms with Crippen LogP contribution in [0.4, 0.5) is 19.4 Å². The minimum atomic E-state index is -0.884. The van der Waals surface area contributed by atoms with E-state index in [9.17, 15) is 9.18 Å². The number of alkyl halides is 1. The Morgan fingerprint density at radius 3 is 2.53 bits per heavy atom. The predicted octanol–water partition coefficient (Wildman–Crippen LogP) is 6.64. The molecule has 2 unspecified atom stereocenters. The Balaban J connectivity index is 1.17. The van der Waals surface area contributed by atoms with Gasteiger partial charge in [-0.2, -0.15) is 9.97 Å². The number of nitrogens with zero attached hydrogens (tertiary/aromatic N) is 6. The third kappa shape index (κ3) is 5.48. The highest BCUT2D eigenvalue weighted by atomic mass is 19.1. The predicted molar refractivity (Wildman–Crippen MR) is 175 cm³/mol. The summed E-state index contributed by atoms with van der Waals surface area (Å²) in [6.45, 7) is 8.20. The van der Waals surface area contributed by atoms with Crippen molar-refractivity contribution in [1.82, 2.24) is 24.8 Å². The maximum atomic E-state index is 16.8. The van der Waals surface area contributed by atoms with E-state index in [1.165, 1.54) is 6.42 Å². The van der Waals surface area contributed by atoms with Gasteiger partial charge in [0, 0.05) is 37.8 Å². The lowest BCUT2D eigenvalue weighted by atomic mass is 9.77. The average molecular weight is 647 g/mol. The highest BCUT2D eigenvalue weighted by molar-refractivity contribution is 5.92. The van der Waals surface area contributed by atoms with Crippen molar-refractivity contribution >= 4 is 22.8 Å². The summed E-state index contributed by atoms with van der Waals surface area (Å²) in [6, 6.07) is 7.92. The fourth-order valence-corrected chi connectivity index (χ4v) is 8.64. The van der Waals surface area contributed by atoms with Crippen molar-refractivity contribution in [2.24, 2.45) is 0 Å². The number of halogens is 2. The van der Waals surface area contributed by atoms with E-state index in [0.717, 1.165) is 56.2 Å². The van der Waals surface area contributed by atoms with E-state index < -0.39 is 17.6 Å². The molecule has 250 valence electrons. The number of fused-ring (bicyclic) bond motifs is 4. The topological polar surface area (TPSA) is 83.9 Å². The molecule has 11 heteroatoms. The number of aromatic nitrogens is 3. The third-order valence-electron chi connectivity index (χ3n) is 11.0. The molecule has 2 aromatic heterocycles. The zero-order valence-corrected chi connectivity index (χ0v) is 27.6. The molecular formula is C36H44F2N6O3. The van der Waals surface area contributed by atoms with Crippen molar-refractivity contribution in [1.29, 1.82) is 0 Å². The number of pyridine rings is 1. The lowest BCUT2D eigenvalue weighted by Gasteiger charge is -2.42. The normalized spacial score (nSPS) is 27.7. The highest BCUT2D eigenvalue weighted by Gasteiger charge is 2.50. The Hall–Kier alpha value is -3.60. The van der Waals surface area contributed by atoms with E-state index >= 15 is 4.39 Å². The summed E-state index contributed by atoms with van der Waals surface area (Å²) in [5, 5.41) is 0.509. The van der Waals surface area contributed by atoms with Crippen LogP contribution in [-0.4, -0.2) is 93.0 Å². The number of hydrogen-bond acceptors (Lipinski definition) is 8. The van der Waals surface area contributed by atoms with Gasteiger partial charge in [0.25, 0.3) is 0 Å². The quantitative estimate of drug-likeness (QED) is 0.295. The lowest BCUT2D eigenvalue weighted by molar-refractivity contribution is 0.0122. The van der Waals surface area contributed by atoms with Gasteiger partial charge >= 0.3 is 12.1 Å². The molecule has 0 radical (unpaired) electrons. The smallest absolute Gasteiger partial charge is 0.410 e. The largest absolute Gasteiger partial charge is 0.461 e. The molecule has 2 bridgehead atoms. The molecule has 3 aromatic rings. The average Bonchev–Trinajstić information content (AvgIpc) is 3.62. The zero-order chi connectivity index (χ0) is 32.5. The molecule has 47 heavy (non-hydrogen) atoms. The molecule has 1 saturated carbocycles. The number of carbonyl (C=O) groups is 1. The van der Waals surface area contributed by atoms with Crippen LogP contribution >= 0.6 is 0 Å². The number of anilines is 1. The van der Waals surface area contributed by atoms with Crippen molar-refractivity contribution in [3.8, 4) is 17.3 Å². The van der Waals surface area contributed by atoms with E-state index in [4.69, 9.17) is 19.4 Å². The molecule has 4 saturated heterocycles. The third-order valence-corrected chi connectivity index (χ3v) is 11.0. The summed E-state index contributed by atoms with van der Waals surface area (Å²) in [6.07, 6.45) is 7.83. The summed E-state index contributed by atoms with van der Waals surface area (Å²) >= 11 is 0. The van der Waals surface area contributed by atoms with Crippen LogP contribution in [0.15, 0.2) is 30.5 Å². The summed E-state index contributed by atoms with van der Waals surface area (Å²) < 4.78 is 43.4. The summed E-state index contributed by atoms with van der Waals surface area (Å²) in [4.78, 5) is 33.6. The SMILES string of the molecule is CC(C)(C)OC(=O)N1[C@@H]2CC[C@H]1CN(c1nc(OCC34CCCN3CC(F)C4)nc3c(F)c(-c4ccccc4C4CCC4)ncc13)C2. The monoisotopic (exact) mass is 646 g/mol. The van der Waals surface area contributed by atoms with Crippen LogP contribution in [0.2, 0.25) is 0 Å². The van der Waals surface area contributed by atoms with Crippen LogP contribution in [0.1, 0.15) is 83.6 Å². The van der Waals surface area contributed by atoms with Gasteiger partial charge in [0.15, 0.2) is 5.82 Å². The van der Waals surface area contributed by atoms with Gasteiger partial charge in [0.05, 0.1) is 23.0 Å². The number of piperazine rings is 1. The number of rotatable bonds is 6. The van der Waals surface area contributed by atoms with Crippen LogP contribution < -0.4 is 9.64 Å². The number of hydrogen-bond donors (Lipinski definition) is 0. The Morgan fingerprint density at radius 1 is 1.04 bits per heavy atom. The van der Waals surface area contributed by atoms with Crippen molar-refractivity contribution in [3.05, 3.63) is 41.8 Å². The first-order chi connectivity index (χ1) is 22.6. The minimum Gasteiger partial charge on any atom is -0.461 e. The Morgan fingerprint density at radius 2 is 1.81 bits per heavy atom. The van der Waals surface area contributed by atoms with Gasteiger partial charge < -0.3 is 14.4 Å². The molecule has 4 aliphatic heterocycles. The Bertz CT molecular complexity index is 1680. The summed E-state index contributed by atoms with van der Waals surface area (Å²) in [5.74, 6) is 0.453. The number of ether oxygens (including phenoxy) is 2. The standard InChI is InChI=1S/C36H44F2N6O3/c1-35(2,3)47-34(45)44-24-12-13-25(44)20-42(19-24)32-28-17-39-30(27-11-5-4-10-26(27)22-8-6-9-22)29(38)31(28)40-33(41-32)46-21-36-14-7-15-43(36)18-23(37)16-36/h4-5,10-11,17,22-25H,6-9,12-16,18-21H2,1-3H3/t23?,24-,25+,36?. The first-order valence-electron chi connectivity index (χ1n) is 17.3. The molecule has 9 nitrogen and oxygen atoms in total. The lowest BCUT2D eigenvalue weighted by Crippen LogP contribution is -2.57. The van der Waals surface area contributed by atoms with Crippen molar-refractivity contribution in [2.75, 3.05) is 37.7 Å². The van der Waals surface area contributed by atoms with Gasteiger partial charge in [0.1, 0.15) is 35.4 Å². The molecule has 6 heterocycles. The second kappa shape index (κ2) is 11.5. The second-order valence-electron chi connectivity index (χ2n) is 15.3. The van der Waals surface area contributed by atoms with Crippen molar-refractivity contribution in [3.63, 3.8) is 0 Å². The van der Waals surface area contributed by atoms with Gasteiger partial charge in [-0.1, -0.05) is 30.7 Å². The van der Waals surface area contributed by atoms with Crippen LogP contribution in [-0.2, 0) is 4.74 Å². The minimum absolute atomic E-state index is 0.0599. The van der Waals surface area contributed by atoms with Gasteiger partial charge in [-0.15, -0.1) is 0 Å². The molecular weight excluding hydrogens is 602 g/mol. The van der Waals surface area contributed by atoms with Gasteiger partial charge in [-0.3, -0.25) is 14.8 Å². The molecule has 0 spiro atoms. The summed E-state index contributed by atoms with van der Waals surface area (Å²) in [5.41, 5.74) is 1.38. The van der Waals surface area contributed by atoms with Crippen molar-refractivity contribution in [2.45, 2.75) is 107 Å². The number of carbonyl (C=O) groups excluding carboxylic acids is 1. The van der Waals surface area contributed by atoms with Crippen LogP contribution in [0.25, 0.3) is 22.2 Å². The van der Waals surface area contributed by atoms with Crippen LogP contribution in [0, 0.1) is 5.82 Å². The molecule has 1 aromatic carbocycles. The number of amides is 1. The zero-order valence-electron chi connectivity index (χ0n) is 27.6. The number of benzene rings is 1. The maximum absolute atomic E-state index is 16.8. The molecule has 1 aliphatic carbocycles. The molecule has 0 N–H and O–H groups in total. The van der Waals surface area contributed by atoms with E-state index in [1.807, 2.05) is 43.9 Å². The van der Waals surface area contributed by atoms with Crippen molar-refractivity contribution < 1.29 is 23.0 Å². The molecule has 1 amide bonds. The highest BCUT2D eigenvalue weighted by Crippen LogP contribution is 2.44. The first kappa shape index (κ1) is 30.7. The fourth-order valence-electron chi connectivity index (χ4n) is 8.64. The van der Waals surface area contributed by atoms with E-state index in [2.05, 4.69) is 20.9 Å². The van der Waals surface area contributed by atoms with E-state index in [-0.39, 0.29) is 47.5 Å². The maximum Gasteiger partial charge on any atom is 0.410 e. The molecule has 4 atom stereocenters. The van der Waals surface area contributed by atoms with Crippen LogP contribution in [0.5, 0.6) is 6.01 Å². The Kier molecular flexibility index (Phi) is 7.53. The Labute approximate surface area is 274 Å². The van der Waals surface area contributed by atoms with Gasteiger partial charge in [-0.05, 0) is 77.3 Å². The van der Waals surface area contributed by atoms with E-state index in [1.54, 1.807) is 6.20 Å². The fraction of sp³-hybridized carbons (Fsp3) is 0.611. The first-order valence-corrected chi connectivity index (χ1v) is 17.3. The van der Waals surface area contributed by atoms with Gasteiger partial charge in [-0.25, -0.2) is 13.6 Å². The second-order valence-corrected chi connectivity index (χ2v) is 15.3.